The molecule has 2 rings (SSSR count). The van der Waals surface area contributed by atoms with Gasteiger partial charge in [-0.3, -0.25) is 4.79 Å². The Morgan fingerprint density at radius 3 is 2.62 bits per heavy atom. The van der Waals surface area contributed by atoms with E-state index in [1.807, 2.05) is 25.1 Å². The van der Waals surface area contributed by atoms with Crippen molar-refractivity contribution >= 4 is 17.2 Å². The Hall–Kier alpha value is -1.75. The molecule has 5 heteroatoms. The Labute approximate surface area is 96.9 Å². The van der Waals surface area contributed by atoms with E-state index in [1.165, 1.54) is 11.3 Å². The summed E-state index contributed by atoms with van der Waals surface area (Å²) in [4.78, 5) is 16.4. The van der Waals surface area contributed by atoms with Gasteiger partial charge in [-0.05, 0) is 19.1 Å². The average Bonchev–Trinajstić information content (AvgIpc) is 2.59. The molecule has 0 unspecified atom stereocenters. The van der Waals surface area contributed by atoms with Gasteiger partial charge in [-0.2, -0.15) is 10.1 Å². The summed E-state index contributed by atoms with van der Waals surface area (Å²) in [5.74, 6) is -0.236. The Balaban J connectivity index is 2.39. The number of hydrogen-bond donors (Lipinski definition) is 0. The molecule has 0 aliphatic heterocycles. The van der Waals surface area contributed by atoms with Gasteiger partial charge in [0.1, 0.15) is 5.01 Å². The molecule has 0 aliphatic carbocycles. The monoisotopic (exact) mass is 233 g/mol. The van der Waals surface area contributed by atoms with Crippen LogP contribution < -0.4 is 4.80 Å². The zero-order valence-corrected chi connectivity index (χ0v) is 9.86. The number of carbonyl (C=O) groups excluding carboxylic acids is 1. The van der Waals surface area contributed by atoms with Crippen LogP contribution in [0.1, 0.15) is 15.4 Å². The molecule has 16 heavy (non-hydrogen) atoms. The summed E-state index contributed by atoms with van der Waals surface area (Å²) in [5.41, 5.74) is 0.591. The van der Waals surface area contributed by atoms with E-state index in [2.05, 4.69) is 10.1 Å². The van der Waals surface area contributed by atoms with Crippen LogP contribution in [0.2, 0.25) is 0 Å². The van der Waals surface area contributed by atoms with E-state index < -0.39 is 0 Å². The lowest BCUT2D eigenvalue weighted by atomic mass is 10.2. The number of nitrogens with zero attached hydrogens (tertiary/aromatic N) is 3. The van der Waals surface area contributed by atoms with Crippen LogP contribution in [0.15, 0.2) is 35.3 Å². The van der Waals surface area contributed by atoms with Crippen LogP contribution in [0.4, 0.5) is 0 Å². The Morgan fingerprint density at radius 2 is 2.06 bits per heavy atom. The summed E-state index contributed by atoms with van der Waals surface area (Å²) in [6.45, 7) is 1.89. The highest BCUT2D eigenvalue weighted by Crippen LogP contribution is 2.01. The van der Waals surface area contributed by atoms with Crippen molar-refractivity contribution in [2.24, 2.45) is 12.0 Å². The minimum atomic E-state index is -0.236. The molecular weight excluding hydrogens is 222 g/mol. The first-order chi connectivity index (χ1) is 7.66. The second-order valence-electron chi connectivity index (χ2n) is 3.31. The van der Waals surface area contributed by atoms with Gasteiger partial charge in [0.2, 0.25) is 4.80 Å². The van der Waals surface area contributed by atoms with Gasteiger partial charge in [-0.15, -0.1) is 0 Å². The Bertz CT molecular complexity index is 568. The van der Waals surface area contributed by atoms with Crippen molar-refractivity contribution in [3.63, 3.8) is 0 Å². The van der Waals surface area contributed by atoms with Crippen LogP contribution in [0.3, 0.4) is 0 Å². The lowest BCUT2D eigenvalue weighted by molar-refractivity contribution is 0.0997. The SMILES string of the molecule is Cc1nn(C)c(=NC(=O)c2ccccc2)s1. The number of carbonyl (C=O) groups is 1. The van der Waals surface area contributed by atoms with Crippen LogP contribution in [0.25, 0.3) is 0 Å². The van der Waals surface area contributed by atoms with Crippen molar-refractivity contribution in [1.29, 1.82) is 0 Å². The molecule has 0 atom stereocenters. The summed E-state index contributed by atoms with van der Waals surface area (Å²) < 4.78 is 1.61. The molecule has 0 aliphatic rings. The van der Waals surface area contributed by atoms with Gasteiger partial charge in [0.25, 0.3) is 5.91 Å². The van der Waals surface area contributed by atoms with Crippen LogP contribution in [-0.2, 0) is 7.05 Å². The highest BCUT2D eigenvalue weighted by atomic mass is 32.1. The summed E-state index contributed by atoms with van der Waals surface area (Å²) in [6.07, 6.45) is 0. The average molecular weight is 233 g/mol. The van der Waals surface area contributed by atoms with E-state index in [4.69, 9.17) is 0 Å². The standard InChI is InChI=1S/C11H11N3OS/c1-8-13-14(2)11(16-8)12-10(15)9-6-4-3-5-7-9/h3-7H,1-2H3. The predicted octanol–water partition coefficient (Wildman–Crippen LogP) is 1.53. The van der Waals surface area contributed by atoms with Gasteiger partial charge in [0, 0.05) is 12.6 Å². The maximum atomic E-state index is 11.8. The fraction of sp³-hybridized carbons (Fsp3) is 0.182. The zero-order chi connectivity index (χ0) is 11.5. The van der Waals surface area contributed by atoms with E-state index in [0.717, 1.165) is 5.01 Å². The molecule has 0 bridgehead atoms. The van der Waals surface area contributed by atoms with Crippen molar-refractivity contribution < 1.29 is 4.79 Å². The van der Waals surface area contributed by atoms with Gasteiger partial charge < -0.3 is 0 Å². The van der Waals surface area contributed by atoms with Crippen molar-refractivity contribution in [2.45, 2.75) is 6.92 Å². The molecule has 0 saturated heterocycles. The summed E-state index contributed by atoms with van der Waals surface area (Å²) in [6, 6.07) is 9.01. The van der Waals surface area contributed by atoms with Crippen LogP contribution in [0.5, 0.6) is 0 Å². The van der Waals surface area contributed by atoms with Crippen molar-refractivity contribution in [3.05, 3.63) is 45.7 Å². The van der Waals surface area contributed by atoms with E-state index in [0.29, 0.717) is 10.4 Å². The minimum absolute atomic E-state index is 0.236. The third-order valence-electron chi connectivity index (χ3n) is 2.02. The van der Waals surface area contributed by atoms with E-state index in [9.17, 15) is 4.79 Å². The lowest BCUT2D eigenvalue weighted by Gasteiger charge is -1.92. The molecule has 0 spiro atoms. The molecule has 82 valence electrons. The molecular formula is C11H11N3OS. The predicted molar refractivity (Wildman–Crippen MR) is 62.2 cm³/mol. The molecule has 4 nitrogen and oxygen atoms in total. The first kappa shape index (κ1) is 10.8. The molecule has 0 radical (unpaired) electrons. The molecule has 1 aromatic heterocycles. The summed E-state index contributed by atoms with van der Waals surface area (Å²) >= 11 is 1.40. The topological polar surface area (TPSA) is 47.2 Å². The van der Waals surface area contributed by atoms with Crippen LogP contribution in [0, 0.1) is 6.92 Å². The van der Waals surface area contributed by atoms with Crippen molar-refractivity contribution in [3.8, 4) is 0 Å². The molecule has 0 saturated carbocycles. The van der Waals surface area contributed by atoms with Crippen LogP contribution >= 0.6 is 11.3 Å². The third-order valence-corrected chi connectivity index (χ3v) is 2.94. The van der Waals surface area contributed by atoms with E-state index in [1.54, 1.807) is 23.9 Å². The highest BCUT2D eigenvalue weighted by Gasteiger charge is 2.03. The molecule has 1 heterocycles. The number of rotatable bonds is 1. The van der Waals surface area contributed by atoms with Crippen LogP contribution in [-0.4, -0.2) is 15.7 Å². The fourth-order valence-corrected chi connectivity index (χ4v) is 2.03. The Kier molecular flexibility index (Phi) is 2.96. The smallest absolute Gasteiger partial charge is 0.267 e. The zero-order valence-electron chi connectivity index (χ0n) is 9.04. The number of aryl methyl sites for hydroxylation is 2. The van der Waals surface area contributed by atoms with E-state index >= 15 is 0 Å². The molecule has 1 amide bonds. The number of amides is 1. The van der Waals surface area contributed by atoms with Crippen molar-refractivity contribution in [1.82, 2.24) is 9.78 Å². The first-order valence-corrected chi connectivity index (χ1v) is 5.63. The maximum Gasteiger partial charge on any atom is 0.279 e. The minimum Gasteiger partial charge on any atom is -0.267 e. The van der Waals surface area contributed by atoms with Gasteiger partial charge in [0.05, 0.1) is 0 Å². The third kappa shape index (κ3) is 2.25. The quantitative estimate of drug-likeness (QED) is 0.750. The summed E-state index contributed by atoms with van der Waals surface area (Å²) in [5, 5.41) is 5.04. The molecule has 0 N–H and O–H groups in total. The molecule has 0 fully saturated rings. The maximum absolute atomic E-state index is 11.8. The second kappa shape index (κ2) is 4.40. The molecule has 2 aromatic rings. The number of hydrogen-bond acceptors (Lipinski definition) is 3. The largest absolute Gasteiger partial charge is 0.279 e. The number of benzene rings is 1. The van der Waals surface area contributed by atoms with Gasteiger partial charge in [-0.1, -0.05) is 29.5 Å². The number of aromatic nitrogens is 2. The summed E-state index contributed by atoms with van der Waals surface area (Å²) in [7, 11) is 1.78. The van der Waals surface area contributed by atoms with Crippen molar-refractivity contribution in [2.75, 3.05) is 0 Å². The molecule has 1 aromatic carbocycles. The fourth-order valence-electron chi connectivity index (χ4n) is 1.30. The normalized spacial score (nSPS) is 11.8. The Morgan fingerprint density at radius 1 is 1.38 bits per heavy atom. The van der Waals surface area contributed by atoms with Gasteiger partial charge in [-0.25, -0.2) is 4.68 Å². The lowest BCUT2D eigenvalue weighted by Crippen LogP contribution is -2.14. The van der Waals surface area contributed by atoms with Gasteiger partial charge >= 0.3 is 0 Å². The second-order valence-corrected chi connectivity index (χ2v) is 4.47. The highest BCUT2D eigenvalue weighted by molar-refractivity contribution is 7.08. The first-order valence-electron chi connectivity index (χ1n) is 4.81. The van der Waals surface area contributed by atoms with E-state index in [-0.39, 0.29) is 5.91 Å². The van der Waals surface area contributed by atoms with Gasteiger partial charge in [0.15, 0.2) is 0 Å².